The van der Waals surface area contributed by atoms with Crippen LogP contribution < -0.4 is 10.6 Å². The third-order valence-corrected chi connectivity index (χ3v) is 4.41. The fourth-order valence-corrected chi connectivity index (χ4v) is 2.72. The first kappa shape index (κ1) is 15.8. The van der Waals surface area contributed by atoms with Crippen LogP contribution in [-0.4, -0.2) is 37.0 Å². The molecular weight excluding hydrogens is 262 g/mol. The molecule has 0 bridgehead atoms. The van der Waals surface area contributed by atoms with Crippen LogP contribution in [0.15, 0.2) is 24.3 Å². The Hall–Kier alpha value is -1.55. The standard InChI is InChI=1S/C17H27N3O/c1-4-20(16(21)12-17(18)10-5-11-17)13-14-6-8-15(9-7-14)19(2)3/h6-9H,4-5,10-13,18H2,1-3H3. The van der Waals surface area contributed by atoms with E-state index < -0.39 is 0 Å². The van der Waals surface area contributed by atoms with Crippen LogP contribution in [-0.2, 0) is 11.3 Å². The zero-order valence-electron chi connectivity index (χ0n) is 13.4. The van der Waals surface area contributed by atoms with Crippen molar-refractivity contribution >= 4 is 11.6 Å². The average molecular weight is 289 g/mol. The maximum absolute atomic E-state index is 12.4. The molecule has 1 amide bonds. The molecule has 0 heterocycles. The number of nitrogens with zero attached hydrogens (tertiary/aromatic N) is 2. The summed E-state index contributed by atoms with van der Waals surface area (Å²) in [6.45, 7) is 3.42. The summed E-state index contributed by atoms with van der Waals surface area (Å²) in [6.07, 6.45) is 3.60. The monoisotopic (exact) mass is 289 g/mol. The van der Waals surface area contributed by atoms with Gasteiger partial charge in [-0.2, -0.15) is 0 Å². The van der Waals surface area contributed by atoms with Crippen molar-refractivity contribution in [3.63, 3.8) is 0 Å². The summed E-state index contributed by atoms with van der Waals surface area (Å²) in [7, 11) is 4.05. The zero-order chi connectivity index (χ0) is 15.5. The van der Waals surface area contributed by atoms with E-state index in [2.05, 4.69) is 29.2 Å². The molecule has 1 fully saturated rings. The minimum absolute atomic E-state index is 0.177. The molecule has 1 aliphatic rings. The van der Waals surface area contributed by atoms with E-state index in [1.165, 1.54) is 5.69 Å². The fraction of sp³-hybridized carbons (Fsp3) is 0.588. The molecule has 0 saturated heterocycles. The molecule has 1 aliphatic carbocycles. The van der Waals surface area contributed by atoms with E-state index in [1.54, 1.807) is 0 Å². The number of carbonyl (C=O) groups excluding carboxylic acids is 1. The third-order valence-electron chi connectivity index (χ3n) is 4.41. The largest absolute Gasteiger partial charge is 0.378 e. The molecule has 0 unspecified atom stereocenters. The highest BCUT2D eigenvalue weighted by molar-refractivity contribution is 5.77. The van der Waals surface area contributed by atoms with Crippen molar-refractivity contribution in [3.05, 3.63) is 29.8 Å². The summed E-state index contributed by atoms with van der Waals surface area (Å²) in [5, 5.41) is 0. The van der Waals surface area contributed by atoms with Gasteiger partial charge in [0.15, 0.2) is 0 Å². The van der Waals surface area contributed by atoms with E-state index in [0.29, 0.717) is 13.0 Å². The van der Waals surface area contributed by atoms with E-state index in [-0.39, 0.29) is 11.4 Å². The number of hydrogen-bond acceptors (Lipinski definition) is 3. The van der Waals surface area contributed by atoms with Crippen molar-refractivity contribution in [2.24, 2.45) is 5.73 Å². The normalized spacial score (nSPS) is 16.2. The van der Waals surface area contributed by atoms with Gasteiger partial charge in [-0.15, -0.1) is 0 Å². The van der Waals surface area contributed by atoms with Gasteiger partial charge in [0, 0.05) is 44.8 Å². The van der Waals surface area contributed by atoms with Crippen LogP contribution in [0.1, 0.15) is 38.2 Å². The number of carbonyl (C=O) groups is 1. The predicted molar refractivity (Wildman–Crippen MR) is 87.2 cm³/mol. The second-order valence-corrected chi connectivity index (χ2v) is 6.36. The van der Waals surface area contributed by atoms with Gasteiger partial charge < -0.3 is 15.5 Å². The highest BCUT2D eigenvalue weighted by Gasteiger charge is 2.35. The second kappa shape index (κ2) is 6.48. The van der Waals surface area contributed by atoms with Gasteiger partial charge in [0.05, 0.1) is 0 Å². The molecular formula is C17H27N3O. The van der Waals surface area contributed by atoms with Crippen molar-refractivity contribution in [2.45, 2.75) is 44.7 Å². The van der Waals surface area contributed by atoms with E-state index >= 15 is 0 Å². The van der Waals surface area contributed by atoms with Crippen LogP contribution in [0, 0.1) is 0 Å². The Bertz CT molecular complexity index is 477. The lowest BCUT2D eigenvalue weighted by Gasteiger charge is -2.38. The molecule has 21 heavy (non-hydrogen) atoms. The number of rotatable bonds is 6. The van der Waals surface area contributed by atoms with Gasteiger partial charge in [0.1, 0.15) is 0 Å². The second-order valence-electron chi connectivity index (χ2n) is 6.36. The van der Waals surface area contributed by atoms with Crippen LogP contribution in [0.5, 0.6) is 0 Å². The van der Waals surface area contributed by atoms with Gasteiger partial charge in [-0.3, -0.25) is 4.79 Å². The number of hydrogen-bond donors (Lipinski definition) is 1. The molecule has 2 rings (SSSR count). The van der Waals surface area contributed by atoms with Gasteiger partial charge >= 0.3 is 0 Å². The molecule has 0 aliphatic heterocycles. The lowest BCUT2D eigenvalue weighted by molar-refractivity contribution is -0.133. The van der Waals surface area contributed by atoms with Gasteiger partial charge in [-0.05, 0) is 43.9 Å². The maximum atomic E-state index is 12.4. The highest BCUT2D eigenvalue weighted by Crippen LogP contribution is 2.32. The molecule has 0 atom stereocenters. The Morgan fingerprint density at radius 2 is 1.86 bits per heavy atom. The number of anilines is 1. The number of nitrogens with two attached hydrogens (primary N) is 1. The first-order chi connectivity index (χ1) is 9.93. The van der Waals surface area contributed by atoms with Crippen molar-refractivity contribution in [1.82, 2.24) is 4.90 Å². The minimum Gasteiger partial charge on any atom is -0.378 e. The molecule has 2 N–H and O–H groups in total. The van der Waals surface area contributed by atoms with E-state index in [4.69, 9.17) is 5.73 Å². The molecule has 4 heteroatoms. The Balaban J connectivity index is 1.96. The topological polar surface area (TPSA) is 49.6 Å². The molecule has 0 aromatic heterocycles. The molecule has 116 valence electrons. The Morgan fingerprint density at radius 1 is 1.24 bits per heavy atom. The Labute approximate surface area is 127 Å². The van der Waals surface area contributed by atoms with Crippen LogP contribution in [0.4, 0.5) is 5.69 Å². The van der Waals surface area contributed by atoms with Crippen molar-refractivity contribution in [2.75, 3.05) is 25.5 Å². The van der Waals surface area contributed by atoms with Crippen LogP contribution in [0.3, 0.4) is 0 Å². The third kappa shape index (κ3) is 3.97. The van der Waals surface area contributed by atoms with Gasteiger partial charge in [0.2, 0.25) is 5.91 Å². The molecule has 0 spiro atoms. The highest BCUT2D eigenvalue weighted by atomic mass is 16.2. The number of amides is 1. The fourth-order valence-electron chi connectivity index (χ4n) is 2.72. The molecule has 1 aromatic rings. The van der Waals surface area contributed by atoms with Crippen LogP contribution in [0.25, 0.3) is 0 Å². The summed E-state index contributed by atoms with van der Waals surface area (Å²) in [6, 6.07) is 8.35. The van der Waals surface area contributed by atoms with Gasteiger partial charge in [-0.1, -0.05) is 12.1 Å². The molecule has 1 saturated carbocycles. The first-order valence-corrected chi connectivity index (χ1v) is 7.76. The smallest absolute Gasteiger partial charge is 0.224 e. The number of benzene rings is 1. The van der Waals surface area contributed by atoms with Gasteiger partial charge in [-0.25, -0.2) is 0 Å². The Morgan fingerprint density at radius 3 is 2.29 bits per heavy atom. The summed E-state index contributed by atoms with van der Waals surface area (Å²) >= 11 is 0. The summed E-state index contributed by atoms with van der Waals surface area (Å²) < 4.78 is 0. The molecule has 4 nitrogen and oxygen atoms in total. The zero-order valence-corrected chi connectivity index (χ0v) is 13.4. The SMILES string of the molecule is CCN(Cc1ccc(N(C)C)cc1)C(=O)CC1(N)CCC1. The Kier molecular flexibility index (Phi) is 4.88. The minimum atomic E-state index is -0.237. The summed E-state index contributed by atoms with van der Waals surface area (Å²) in [5.41, 5.74) is 8.29. The maximum Gasteiger partial charge on any atom is 0.224 e. The molecule has 1 aromatic carbocycles. The van der Waals surface area contributed by atoms with Crippen LogP contribution in [0.2, 0.25) is 0 Å². The quantitative estimate of drug-likeness (QED) is 0.874. The summed E-state index contributed by atoms with van der Waals surface area (Å²) in [4.78, 5) is 16.4. The average Bonchev–Trinajstić information content (AvgIpc) is 2.43. The first-order valence-electron chi connectivity index (χ1n) is 7.76. The van der Waals surface area contributed by atoms with Crippen molar-refractivity contribution < 1.29 is 4.79 Å². The van der Waals surface area contributed by atoms with Crippen molar-refractivity contribution in [1.29, 1.82) is 0 Å². The van der Waals surface area contributed by atoms with E-state index in [9.17, 15) is 4.79 Å². The lowest BCUT2D eigenvalue weighted by atomic mass is 9.75. The van der Waals surface area contributed by atoms with E-state index in [1.807, 2.05) is 25.9 Å². The summed E-state index contributed by atoms with van der Waals surface area (Å²) in [5.74, 6) is 0.177. The van der Waals surface area contributed by atoms with Crippen molar-refractivity contribution in [3.8, 4) is 0 Å². The van der Waals surface area contributed by atoms with E-state index in [0.717, 1.165) is 31.4 Å². The van der Waals surface area contributed by atoms with Gasteiger partial charge in [0.25, 0.3) is 0 Å². The predicted octanol–water partition coefficient (Wildman–Crippen LogP) is 2.37. The lowest BCUT2D eigenvalue weighted by Crippen LogP contribution is -2.50. The van der Waals surface area contributed by atoms with Crippen LogP contribution >= 0.6 is 0 Å². The molecule has 0 radical (unpaired) electrons.